The molecule has 11 heteroatoms. The van der Waals surface area contributed by atoms with Crippen LogP contribution >= 0.6 is 0 Å². The van der Waals surface area contributed by atoms with Gasteiger partial charge in [0, 0.05) is 6.54 Å². The first-order chi connectivity index (χ1) is 14.7. The van der Waals surface area contributed by atoms with Gasteiger partial charge in [-0.3, -0.25) is 9.69 Å². The van der Waals surface area contributed by atoms with Crippen LogP contribution in [0.4, 0.5) is 23.2 Å². The average molecular weight is 437 g/mol. The highest BCUT2D eigenvalue weighted by Crippen LogP contribution is 2.33. The molecule has 1 amide bonds. The molecule has 0 radical (unpaired) electrons. The number of halogens is 4. The summed E-state index contributed by atoms with van der Waals surface area (Å²) >= 11 is 0. The molecule has 0 bridgehead atoms. The van der Waals surface area contributed by atoms with Crippen LogP contribution < -0.4 is 10.1 Å². The number of nitrogens with zero attached hydrogens (tertiary/aromatic N) is 4. The summed E-state index contributed by atoms with van der Waals surface area (Å²) in [6.45, 7) is 0.105. The number of nitrogens with one attached hydrogen (secondary N) is 1. The monoisotopic (exact) mass is 437 g/mol. The Morgan fingerprint density at radius 3 is 2.61 bits per heavy atom. The number of methoxy groups -OCH3 is 1. The third-order valence-corrected chi connectivity index (χ3v) is 4.35. The first-order valence-corrected chi connectivity index (χ1v) is 9.04. The molecule has 0 aliphatic heterocycles. The van der Waals surface area contributed by atoms with Gasteiger partial charge in [-0.05, 0) is 42.9 Å². The van der Waals surface area contributed by atoms with Crippen molar-refractivity contribution in [2.24, 2.45) is 0 Å². The van der Waals surface area contributed by atoms with Crippen molar-refractivity contribution in [3.63, 3.8) is 0 Å². The average Bonchev–Trinajstić information content (AvgIpc) is 3.21. The Kier molecular flexibility index (Phi) is 6.54. The zero-order valence-electron chi connectivity index (χ0n) is 16.7. The van der Waals surface area contributed by atoms with E-state index in [-0.39, 0.29) is 30.2 Å². The third-order valence-electron chi connectivity index (χ3n) is 4.35. The minimum Gasteiger partial charge on any atom is -0.494 e. The molecule has 0 atom stereocenters. The van der Waals surface area contributed by atoms with E-state index in [1.165, 1.54) is 42.6 Å². The van der Waals surface area contributed by atoms with Gasteiger partial charge in [0.2, 0.25) is 5.91 Å². The van der Waals surface area contributed by atoms with E-state index in [1.54, 1.807) is 18.0 Å². The molecule has 0 spiro atoms. The molecule has 164 valence electrons. The van der Waals surface area contributed by atoms with Gasteiger partial charge in [-0.1, -0.05) is 6.07 Å². The van der Waals surface area contributed by atoms with Crippen molar-refractivity contribution in [2.75, 3.05) is 26.0 Å². The molecule has 3 rings (SSSR count). The maximum Gasteiger partial charge on any atom is 0.416 e. The smallest absolute Gasteiger partial charge is 0.416 e. The maximum atomic E-state index is 13.8. The van der Waals surface area contributed by atoms with Gasteiger partial charge in [0.1, 0.15) is 12.7 Å². The van der Waals surface area contributed by atoms with Crippen molar-refractivity contribution in [1.82, 2.24) is 19.7 Å². The highest BCUT2D eigenvalue weighted by atomic mass is 19.4. The van der Waals surface area contributed by atoms with E-state index in [1.807, 2.05) is 0 Å². The molecule has 0 saturated heterocycles. The number of ether oxygens (including phenoxy) is 1. The molecule has 7 nitrogen and oxygen atoms in total. The third kappa shape index (κ3) is 5.57. The van der Waals surface area contributed by atoms with Gasteiger partial charge >= 0.3 is 6.18 Å². The number of anilines is 1. The summed E-state index contributed by atoms with van der Waals surface area (Å²) in [5, 5.41) is 6.40. The van der Waals surface area contributed by atoms with Gasteiger partial charge in [0.15, 0.2) is 11.6 Å². The zero-order valence-corrected chi connectivity index (χ0v) is 16.7. The minimum atomic E-state index is -4.57. The summed E-state index contributed by atoms with van der Waals surface area (Å²) in [5.41, 5.74) is -0.127. The molecule has 2 aromatic carbocycles. The van der Waals surface area contributed by atoms with Crippen LogP contribution in [-0.2, 0) is 17.5 Å². The number of likely N-dealkylation sites (N-methyl/N-ethyl adjacent to an activating group) is 1. The van der Waals surface area contributed by atoms with Gasteiger partial charge in [0.25, 0.3) is 0 Å². The van der Waals surface area contributed by atoms with Gasteiger partial charge in [-0.15, -0.1) is 0 Å². The maximum absolute atomic E-state index is 13.8. The number of alkyl halides is 3. The fourth-order valence-electron chi connectivity index (χ4n) is 2.96. The van der Waals surface area contributed by atoms with Crippen LogP contribution in [-0.4, -0.2) is 46.3 Å². The van der Waals surface area contributed by atoms with Crippen LogP contribution in [0.2, 0.25) is 0 Å². The summed E-state index contributed by atoms with van der Waals surface area (Å²) < 4.78 is 59.3. The van der Waals surface area contributed by atoms with Gasteiger partial charge < -0.3 is 10.1 Å². The molecule has 0 fully saturated rings. The number of hydrogen-bond donors (Lipinski definition) is 1. The van der Waals surface area contributed by atoms with Crippen LogP contribution in [0.1, 0.15) is 11.1 Å². The van der Waals surface area contributed by atoms with Crippen LogP contribution in [0.25, 0.3) is 5.69 Å². The van der Waals surface area contributed by atoms with Crippen LogP contribution in [0.15, 0.2) is 49.1 Å². The molecule has 0 saturated carbocycles. The van der Waals surface area contributed by atoms with Crippen molar-refractivity contribution in [1.29, 1.82) is 0 Å². The lowest BCUT2D eigenvalue weighted by Gasteiger charge is -2.18. The number of benzene rings is 2. The highest BCUT2D eigenvalue weighted by molar-refractivity contribution is 5.94. The first kappa shape index (κ1) is 22.2. The van der Waals surface area contributed by atoms with E-state index in [4.69, 9.17) is 4.74 Å². The van der Waals surface area contributed by atoms with E-state index in [9.17, 15) is 22.4 Å². The lowest BCUT2D eigenvalue weighted by molar-refractivity contribution is -0.137. The Morgan fingerprint density at radius 2 is 2.00 bits per heavy atom. The Labute approximate surface area is 175 Å². The molecule has 1 heterocycles. The van der Waals surface area contributed by atoms with Crippen molar-refractivity contribution in [2.45, 2.75) is 12.7 Å². The Hall–Kier alpha value is -3.47. The molecule has 1 aromatic heterocycles. The second-order valence-electron chi connectivity index (χ2n) is 6.76. The second-order valence-corrected chi connectivity index (χ2v) is 6.76. The molecule has 0 aliphatic rings. The van der Waals surface area contributed by atoms with E-state index in [0.29, 0.717) is 5.56 Å². The number of hydrogen-bond acceptors (Lipinski definition) is 5. The number of aromatic nitrogens is 3. The summed E-state index contributed by atoms with van der Waals surface area (Å²) in [6, 6.07) is 7.38. The van der Waals surface area contributed by atoms with Crippen molar-refractivity contribution < 1.29 is 27.1 Å². The topological polar surface area (TPSA) is 72.3 Å². The molecule has 31 heavy (non-hydrogen) atoms. The quantitative estimate of drug-likeness (QED) is 0.573. The number of carbonyl (C=O) groups is 1. The highest BCUT2D eigenvalue weighted by Gasteiger charge is 2.31. The van der Waals surface area contributed by atoms with Gasteiger partial charge in [-0.2, -0.15) is 18.3 Å². The minimum absolute atomic E-state index is 0.0609. The largest absolute Gasteiger partial charge is 0.494 e. The van der Waals surface area contributed by atoms with E-state index in [2.05, 4.69) is 15.4 Å². The predicted octanol–water partition coefficient (Wildman–Crippen LogP) is 3.50. The standard InChI is InChI=1S/C20H19F4N5O2/c1-28(9-13-3-6-18(31-2)15(21)7-13)10-19(30)27-16-8-14(20(22,23)24)4-5-17(16)29-12-25-11-26-29/h3-8,11-12H,9-10H2,1-2H3,(H,27,30). The Balaban J connectivity index is 1.73. The zero-order chi connectivity index (χ0) is 22.6. The Bertz CT molecular complexity index is 1050. The molecule has 0 unspecified atom stereocenters. The fourth-order valence-corrected chi connectivity index (χ4v) is 2.96. The predicted molar refractivity (Wildman–Crippen MR) is 104 cm³/mol. The van der Waals surface area contributed by atoms with E-state index >= 15 is 0 Å². The number of amides is 1. The van der Waals surface area contributed by atoms with Crippen molar-refractivity contribution in [3.8, 4) is 11.4 Å². The van der Waals surface area contributed by atoms with E-state index in [0.717, 1.165) is 12.1 Å². The summed E-state index contributed by atoms with van der Waals surface area (Å²) in [4.78, 5) is 17.9. The number of rotatable bonds is 7. The van der Waals surface area contributed by atoms with Gasteiger partial charge in [0.05, 0.1) is 30.6 Å². The normalized spacial score (nSPS) is 11.6. The van der Waals surface area contributed by atoms with E-state index < -0.39 is 23.5 Å². The summed E-state index contributed by atoms with van der Waals surface area (Å²) in [7, 11) is 2.99. The molecule has 1 N–H and O–H groups in total. The summed E-state index contributed by atoms with van der Waals surface area (Å²) in [6.07, 6.45) is -2.04. The fraction of sp³-hybridized carbons (Fsp3) is 0.250. The Morgan fingerprint density at radius 1 is 1.23 bits per heavy atom. The van der Waals surface area contributed by atoms with Crippen LogP contribution in [0.3, 0.4) is 0 Å². The first-order valence-electron chi connectivity index (χ1n) is 9.04. The van der Waals surface area contributed by atoms with Crippen molar-refractivity contribution in [3.05, 3.63) is 66.0 Å². The van der Waals surface area contributed by atoms with Crippen molar-refractivity contribution >= 4 is 11.6 Å². The molecule has 0 aliphatic carbocycles. The van der Waals surface area contributed by atoms with Gasteiger partial charge in [-0.25, -0.2) is 14.1 Å². The molecular weight excluding hydrogens is 418 g/mol. The molecular formula is C20H19F4N5O2. The lowest BCUT2D eigenvalue weighted by atomic mass is 10.1. The van der Waals surface area contributed by atoms with Crippen LogP contribution in [0, 0.1) is 5.82 Å². The number of carbonyl (C=O) groups excluding carboxylic acids is 1. The summed E-state index contributed by atoms with van der Waals surface area (Å²) in [5.74, 6) is -0.967. The second kappa shape index (κ2) is 9.13. The van der Waals surface area contributed by atoms with Crippen LogP contribution in [0.5, 0.6) is 5.75 Å². The lowest BCUT2D eigenvalue weighted by Crippen LogP contribution is -2.30. The SMILES string of the molecule is COc1ccc(CN(C)CC(=O)Nc2cc(C(F)(F)F)ccc2-n2cncn2)cc1F. The molecule has 3 aromatic rings.